The zero-order valence-electron chi connectivity index (χ0n) is 28.0. The number of benzene rings is 7. The van der Waals surface area contributed by atoms with Gasteiger partial charge in [0, 0.05) is 77.2 Å². The summed E-state index contributed by atoms with van der Waals surface area (Å²) in [7, 11) is 0. The van der Waals surface area contributed by atoms with Crippen LogP contribution in [0.2, 0.25) is 0 Å². The Hall–Kier alpha value is -6.33. The first-order valence-electron chi connectivity index (χ1n) is 17.0. The summed E-state index contributed by atoms with van der Waals surface area (Å²) < 4.78 is 55.6. The molecule has 0 radical (unpaired) electrons. The zero-order chi connectivity index (χ0) is 36.3. The molecule has 0 aliphatic rings. The second-order valence-electron chi connectivity index (χ2n) is 12.7. The highest BCUT2D eigenvalue weighted by molar-refractivity contribution is 7.26. The van der Waals surface area contributed by atoms with Crippen molar-refractivity contribution in [3.05, 3.63) is 178 Å². The van der Waals surface area contributed by atoms with Gasteiger partial charge in [-0.25, -0.2) is 13.2 Å². The average molecular weight is 751 g/mol. The molecule has 0 aliphatic heterocycles. The van der Waals surface area contributed by atoms with Crippen molar-refractivity contribution in [1.82, 2.24) is 0 Å². The molecular formula is C48H21F3S3. The van der Waals surface area contributed by atoms with E-state index >= 15 is 13.2 Å². The van der Waals surface area contributed by atoms with Crippen molar-refractivity contribution in [1.29, 1.82) is 0 Å². The molecule has 0 amide bonds. The molecule has 252 valence electrons. The number of rotatable bonds is 0. The van der Waals surface area contributed by atoms with Crippen LogP contribution in [-0.2, 0) is 0 Å². The highest BCUT2D eigenvalue weighted by atomic mass is 32.1. The van der Waals surface area contributed by atoms with Crippen LogP contribution in [0.3, 0.4) is 0 Å². The summed E-state index contributed by atoms with van der Waals surface area (Å²) in [4.78, 5) is 0. The number of hydrogen-bond donors (Lipinski definition) is 0. The van der Waals surface area contributed by atoms with E-state index in [4.69, 9.17) is 0 Å². The minimum Gasteiger partial charge on any atom is -0.204 e. The van der Waals surface area contributed by atoms with Crippen LogP contribution < -0.4 is 0 Å². The molecule has 0 atom stereocenters. The predicted molar refractivity (Wildman–Crippen MR) is 222 cm³/mol. The largest absolute Gasteiger partial charge is 0.204 e. The van der Waals surface area contributed by atoms with Gasteiger partial charge in [-0.15, -0.1) is 34.0 Å². The lowest BCUT2D eigenvalue weighted by Gasteiger charge is -2.06. The number of thiophene rings is 3. The smallest absolute Gasteiger partial charge is 0.160 e. The third kappa shape index (κ3) is 5.50. The maximum Gasteiger partial charge on any atom is 0.160 e. The summed E-state index contributed by atoms with van der Waals surface area (Å²) in [6.45, 7) is 0. The fourth-order valence-electron chi connectivity index (χ4n) is 6.81. The lowest BCUT2D eigenvalue weighted by atomic mass is 10.0. The van der Waals surface area contributed by atoms with Gasteiger partial charge in [0.05, 0.1) is 16.7 Å². The lowest BCUT2D eigenvalue weighted by Crippen LogP contribution is -2.04. The first-order valence-corrected chi connectivity index (χ1v) is 19.4. The highest BCUT2D eigenvalue weighted by Gasteiger charge is 2.23. The van der Waals surface area contributed by atoms with Gasteiger partial charge in [0.2, 0.25) is 0 Å². The van der Waals surface area contributed by atoms with Gasteiger partial charge in [0.1, 0.15) is 0 Å². The van der Waals surface area contributed by atoms with Crippen LogP contribution in [0.15, 0.2) is 127 Å². The molecule has 0 aliphatic carbocycles. The molecule has 6 heteroatoms. The average Bonchev–Trinajstić information content (AvgIpc) is 3.88. The first kappa shape index (κ1) is 32.3. The van der Waals surface area contributed by atoms with Crippen LogP contribution >= 0.6 is 34.0 Å². The van der Waals surface area contributed by atoms with Crippen molar-refractivity contribution >= 4 is 94.5 Å². The second-order valence-corrected chi connectivity index (χ2v) is 16.0. The summed E-state index contributed by atoms with van der Waals surface area (Å²) in [5.74, 6) is 13.4. The number of halogens is 3. The molecule has 0 saturated heterocycles. The Morgan fingerprint density at radius 2 is 0.574 bits per heavy atom. The third-order valence-electron chi connectivity index (χ3n) is 9.44. The van der Waals surface area contributed by atoms with E-state index in [-0.39, 0.29) is 0 Å². The Labute approximate surface area is 319 Å². The summed E-state index contributed by atoms with van der Waals surface area (Å²) >= 11 is 5.00. The molecule has 0 N–H and O–H groups in total. The fourth-order valence-corrected chi connectivity index (χ4v) is 10.1. The number of fused-ring (bicyclic) bond motifs is 9. The van der Waals surface area contributed by atoms with Crippen molar-refractivity contribution in [3.8, 4) is 35.5 Å². The summed E-state index contributed by atoms with van der Waals surface area (Å²) in [5, 5.41) is 6.26. The van der Waals surface area contributed by atoms with Crippen molar-refractivity contribution in [2.45, 2.75) is 0 Å². The van der Waals surface area contributed by atoms with E-state index in [0.717, 1.165) is 60.5 Å². The van der Waals surface area contributed by atoms with Gasteiger partial charge < -0.3 is 0 Å². The third-order valence-corrected chi connectivity index (χ3v) is 12.9. The summed E-state index contributed by atoms with van der Waals surface area (Å²) in [5.41, 5.74) is -0.0393. The van der Waals surface area contributed by atoms with Gasteiger partial charge in [-0.05, 0) is 72.8 Å². The molecule has 10 aromatic rings. The zero-order valence-corrected chi connectivity index (χ0v) is 30.4. The van der Waals surface area contributed by atoms with E-state index in [1.54, 1.807) is 34.0 Å². The lowest BCUT2D eigenvalue weighted by molar-refractivity contribution is 0.531. The van der Waals surface area contributed by atoms with Crippen molar-refractivity contribution in [2.24, 2.45) is 0 Å². The molecule has 0 spiro atoms. The van der Waals surface area contributed by atoms with E-state index in [0.29, 0.717) is 16.7 Å². The van der Waals surface area contributed by atoms with E-state index < -0.39 is 34.1 Å². The first-order chi connectivity index (χ1) is 26.5. The van der Waals surface area contributed by atoms with Gasteiger partial charge in [-0.2, -0.15) is 0 Å². The maximum absolute atomic E-state index is 16.3. The van der Waals surface area contributed by atoms with Gasteiger partial charge in [0.15, 0.2) is 17.5 Å². The van der Waals surface area contributed by atoms with Crippen LogP contribution in [0.4, 0.5) is 13.2 Å². The van der Waals surface area contributed by atoms with Gasteiger partial charge >= 0.3 is 0 Å². The van der Waals surface area contributed by atoms with Crippen molar-refractivity contribution in [2.75, 3.05) is 0 Å². The summed E-state index contributed by atoms with van der Waals surface area (Å²) in [6, 6.07) is 41.2. The molecule has 10 rings (SSSR count). The van der Waals surface area contributed by atoms with E-state index in [1.807, 2.05) is 109 Å². The topological polar surface area (TPSA) is 0 Å². The van der Waals surface area contributed by atoms with E-state index in [9.17, 15) is 0 Å². The Balaban J connectivity index is 1.12. The summed E-state index contributed by atoms with van der Waals surface area (Å²) in [6.07, 6.45) is 0. The molecule has 0 nitrogen and oxygen atoms in total. The molecule has 3 aromatic heterocycles. The van der Waals surface area contributed by atoms with Crippen LogP contribution in [0.5, 0.6) is 0 Å². The van der Waals surface area contributed by atoms with Gasteiger partial charge in [0.25, 0.3) is 0 Å². The molecule has 54 heavy (non-hydrogen) atoms. The molecular weight excluding hydrogens is 730 g/mol. The standard InChI is InChI=1S/C48H21F3S3/c49-46-34(19-13-28-16-22-43-37(25-28)31-7-1-4-10-40(31)52-43)47(50)36(21-15-30-18-24-45-39(27-30)33-9-3-6-12-42(33)54-45)48(51)35(46)20-14-29-17-23-44-38(26-29)32-8-2-5-11-41(32)53-44/h1-12,16-18,22-27H. The second kappa shape index (κ2) is 13.0. The predicted octanol–water partition coefficient (Wildman–Crippen LogP) is 13.4. The van der Waals surface area contributed by atoms with Crippen LogP contribution in [-0.4, -0.2) is 0 Å². The Morgan fingerprint density at radius 3 is 0.889 bits per heavy atom. The van der Waals surface area contributed by atoms with Crippen LogP contribution in [0.1, 0.15) is 33.4 Å². The molecule has 7 aromatic carbocycles. The van der Waals surface area contributed by atoms with Gasteiger partial charge in [-0.3, -0.25) is 0 Å². The molecule has 3 heterocycles. The van der Waals surface area contributed by atoms with E-state index in [1.165, 1.54) is 0 Å². The minimum atomic E-state index is -1.16. The minimum absolute atomic E-state index is 0.571. The Morgan fingerprint density at radius 1 is 0.296 bits per heavy atom. The quantitative estimate of drug-likeness (QED) is 0.135. The number of hydrogen-bond acceptors (Lipinski definition) is 3. The van der Waals surface area contributed by atoms with Crippen molar-refractivity contribution < 1.29 is 13.2 Å². The monoisotopic (exact) mass is 750 g/mol. The fraction of sp³-hybridized carbons (Fsp3) is 0. The Kier molecular flexibility index (Phi) is 7.76. The Bertz CT molecular complexity index is 3020. The molecule has 0 bridgehead atoms. The highest BCUT2D eigenvalue weighted by Crippen LogP contribution is 2.36. The SMILES string of the molecule is Fc1c(C#Cc2ccc3sc4ccccc4c3c2)c(F)c(C#Cc2ccc3sc4ccccc4c3c2)c(F)c1C#Cc1ccc2sc3ccccc3c2c1. The van der Waals surface area contributed by atoms with E-state index in [2.05, 4.69) is 53.7 Å². The molecule has 0 fully saturated rings. The van der Waals surface area contributed by atoms with Crippen LogP contribution in [0, 0.1) is 53.0 Å². The van der Waals surface area contributed by atoms with Crippen LogP contribution in [0.25, 0.3) is 60.5 Å². The van der Waals surface area contributed by atoms with Crippen molar-refractivity contribution in [3.63, 3.8) is 0 Å². The normalized spacial score (nSPS) is 11.2. The molecule has 0 saturated carbocycles. The maximum atomic E-state index is 16.3. The van der Waals surface area contributed by atoms with Gasteiger partial charge in [-0.1, -0.05) is 90.1 Å². The molecule has 0 unspecified atom stereocenters.